The standard InChI is InChI=1S/C9H12F2N2O2S/c1-6(13-16(14,15)9(10)11)7-4-2-3-5-8(7)12/h2-6,9,13H,12H2,1H3. The fourth-order valence-electron chi connectivity index (χ4n) is 1.27. The molecule has 1 aromatic carbocycles. The molecule has 0 aliphatic rings. The lowest BCUT2D eigenvalue weighted by atomic mass is 10.1. The summed E-state index contributed by atoms with van der Waals surface area (Å²) in [5.74, 6) is -3.44. The highest BCUT2D eigenvalue weighted by Gasteiger charge is 2.26. The van der Waals surface area contributed by atoms with Crippen LogP contribution < -0.4 is 10.5 Å². The normalized spacial score (nSPS) is 14.0. The second kappa shape index (κ2) is 4.75. The zero-order valence-corrected chi connectivity index (χ0v) is 9.34. The van der Waals surface area contributed by atoms with Crippen molar-refractivity contribution in [1.82, 2.24) is 4.72 Å². The molecule has 0 saturated carbocycles. The molecule has 1 unspecified atom stereocenters. The third-order valence-electron chi connectivity index (χ3n) is 2.04. The van der Waals surface area contributed by atoms with Crippen molar-refractivity contribution < 1.29 is 17.2 Å². The van der Waals surface area contributed by atoms with Crippen LogP contribution >= 0.6 is 0 Å². The molecule has 0 aliphatic heterocycles. The molecule has 1 rings (SSSR count). The van der Waals surface area contributed by atoms with Crippen LogP contribution in [-0.2, 0) is 10.0 Å². The highest BCUT2D eigenvalue weighted by molar-refractivity contribution is 7.89. The second-order valence-electron chi connectivity index (χ2n) is 3.27. The van der Waals surface area contributed by atoms with Crippen LogP contribution in [0.5, 0.6) is 0 Å². The summed E-state index contributed by atoms with van der Waals surface area (Å²) in [7, 11) is -4.60. The molecule has 1 atom stereocenters. The fourth-order valence-corrected chi connectivity index (χ4v) is 1.99. The third-order valence-corrected chi connectivity index (χ3v) is 3.19. The first kappa shape index (κ1) is 12.9. The van der Waals surface area contributed by atoms with Gasteiger partial charge in [0.2, 0.25) is 0 Å². The second-order valence-corrected chi connectivity index (χ2v) is 4.96. The minimum atomic E-state index is -4.60. The van der Waals surface area contributed by atoms with Gasteiger partial charge in [-0.15, -0.1) is 0 Å². The Hall–Kier alpha value is -1.21. The molecule has 0 aliphatic carbocycles. The summed E-state index contributed by atoms with van der Waals surface area (Å²) in [6.07, 6.45) is 0. The van der Waals surface area contributed by atoms with Gasteiger partial charge in [0.25, 0.3) is 10.0 Å². The molecule has 1 aromatic rings. The molecule has 0 heterocycles. The van der Waals surface area contributed by atoms with Gasteiger partial charge in [-0.2, -0.15) is 8.78 Å². The summed E-state index contributed by atoms with van der Waals surface area (Å²) in [5, 5.41) is 0. The Morgan fingerprint density at radius 3 is 2.38 bits per heavy atom. The molecular formula is C9H12F2N2O2S. The monoisotopic (exact) mass is 250 g/mol. The average molecular weight is 250 g/mol. The van der Waals surface area contributed by atoms with Crippen molar-refractivity contribution in [1.29, 1.82) is 0 Å². The number of para-hydroxylation sites is 1. The van der Waals surface area contributed by atoms with E-state index in [1.54, 1.807) is 24.3 Å². The summed E-state index contributed by atoms with van der Waals surface area (Å²) in [6.45, 7) is 1.45. The average Bonchev–Trinajstić information content (AvgIpc) is 2.17. The molecule has 0 amide bonds. The van der Waals surface area contributed by atoms with Crippen molar-refractivity contribution in [3.8, 4) is 0 Å². The van der Waals surface area contributed by atoms with Gasteiger partial charge in [-0.3, -0.25) is 0 Å². The number of hydrogen-bond acceptors (Lipinski definition) is 3. The first-order valence-electron chi connectivity index (χ1n) is 4.48. The third kappa shape index (κ3) is 2.89. The number of nitrogens with two attached hydrogens (primary N) is 1. The number of anilines is 1. The molecule has 0 fully saturated rings. The maximum Gasteiger partial charge on any atom is 0.350 e. The van der Waals surface area contributed by atoms with Crippen molar-refractivity contribution in [2.24, 2.45) is 0 Å². The molecule has 0 aromatic heterocycles. The van der Waals surface area contributed by atoms with Gasteiger partial charge >= 0.3 is 5.76 Å². The number of nitrogens with one attached hydrogen (secondary N) is 1. The highest BCUT2D eigenvalue weighted by Crippen LogP contribution is 2.21. The smallest absolute Gasteiger partial charge is 0.350 e. The van der Waals surface area contributed by atoms with Crippen LogP contribution in [-0.4, -0.2) is 14.2 Å². The van der Waals surface area contributed by atoms with Gasteiger partial charge in [0, 0.05) is 11.7 Å². The first-order chi connectivity index (χ1) is 7.34. The Labute approximate surface area is 92.5 Å². The summed E-state index contributed by atoms with van der Waals surface area (Å²) in [6, 6.07) is 5.68. The van der Waals surface area contributed by atoms with E-state index in [1.165, 1.54) is 6.92 Å². The van der Waals surface area contributed by atoms with Crippen molar-refractivity contribution in [2.75, 3.05) is 5.73 Å². The summed E-state index contributed by atoms with van der Waals surface area (Å²) < 4.78 is 47.9. The predicted molar refractivity (Wildman–Crippen MR) is 57.3 cm³/mol. The molecule has 0 radical (unpaired) electrons. The number of halogens is 2. The van der Waals surface area contributed by atoms with Gasteiger partial charge in [0.15, 0.2) is 0 Å². The van der Waals surface area contributed by atoms with E-state index in [0.29, 0.717) is 11.3 Å². The van der Waals surface area contributed by atoms with Gasteiger partial charge in [-0.25, -0.2) is 13.1 Å². The Balaban J connectivity index is 2.89. The minimum Gasteiger partial charge on any atom is -0.398 e. The van der Waals surface area contributed by atoms with E-state index in [0.717, 1.165) is 0 Å². The van der Waals surface area contributed by atoms with E-state index in [1.807, 2.05) is 4.72 Å². The van der Waals surface area contributed by atoms with Crippen molar-refractivity contribution in [3.05, 3.63) is 29.8 Å². The zero-order valence-electron chi connectivity index (χ0n) is 8.52. The number of nitrogen functional groups attached to an aromatic ring is 1. The van der Waals surface area contributed by atoms with Crippen LogP contribution in [0, 0.1) is 0 Å². The van der Waals surface area contributed by atoms with Crippen LogP contribution in [0.4, 0.5) is 14.5 Å². The van der Waals surface area contributed by atoms with E-state index in [9.17, 15) is 17.2 Å². The molecule has 90 valence electrons. The lowest BCUT2D eigenvalue weighted by Crippen LogP contribution is -2.32. The van der Waals surface area contributed by atoms with Crippen LogP contribution in [0.2, 0.25) is 0 Å². The number of rotatable bonds is 4. The van der Waals surface area contributed by atoms with Crippen LogP contribution in [0.1, 0.15) is 18.5 Å². The lowest BCUT2D eigenvalue weighted by molar-refractivity contribution is 0.231. The van der Waals surface area contributed by atoms with Crippen LogP contribution in [0.25, 0.3) is 0 Å². The lowest BCUT2D eigenvalue weighted by Gasteiger charge is -2.15. The topological polar surface area (TPSA) is 72.2 Å². The van der Waals surface area contributed by atoms with Gasteiger partial charge in [-0.05, 0) is 18.6 Å². The SMILES string of the molecule is CC(NS(=O)(=O)C(F)F)c1ccccc1N. The zero-order chi connectivity index (χ0) is 12.3. The first-order valence-corrected chi connectivity index (χ1v) is 6.03. The number of alkyl halides is 2. The molecule has 16 heavy (non-hydrogen) atoms. The van der Waals surface area contributed by atoms with Gasteiger partial charge < -0.3 is 5.73 Å². The van der Waals surface area contributed by atoms with Gasteiger partial charge in [0.1, 0.15) is 0 Å². The van der Waals surface area contributed by atoms with E-state index < -0.39 is 21.8 Å². The predicted octanol–water partition coefficient (Wildman–Crippen LogP) is 1.47. The number of sulfonamides is 1. The van der Waals surface area contributed by atoms with Crippen LogP contribution in [0.15, 0.2) is 24.3 Å². The Kier molecular flexibility index (Phi) is 3.82. The molecule has 7 heteroatoms. The van der Waals surface area contributed by atoms with E-state index in [2.05, 4.69) is 0 Å². The Morgan fingerprint density at radius 1 is 1.31 bits per heavy atom. The van der Waals surface area contributed by atoms with E-state index >= 15 is 0 Å². The van der Waals surface area contributed by atoms with Crippen molar-refractivity contribution in [2.45, 2.75) is 18.7 Å². The number of benzene rings is 1. The quantitative estimate of drug-likeness (QED) is 0.795. The molecule has 0 bridgehead atoms. The minimum absolute atomic E-state index is 0.354. The van der Waals surface area contributed by atoms with Crippen molar-refractivity contribution in [3.63, 3.8) is 0 Å². The Morgan fingerprint density at radius 2 is 1.88 bits per heavy atom. The largest absolute Gasteiger partial charge is 0.398 e. The molecule has 0 saturated heterocycles. The summed E-state index contributed by atoms with van der Waals surface area (Å²) >= 11 is 0. The summed E-state index contributed by atoms with van der Waals surface area (Å²) in [4.78, 5) is 0. The molecule has 0 spiro atoms. The maximum absolute atomic E-state index is 12.1. The molecular weight excluding hydrogens is 238 g/mol. The van der Waals surface area contributed by atoms with Gasteiger partial charge in [-0.1, -0.05) is 18.2 Å². The van der Waals surface area contributed by atoms with E-state index in [4.69, 9.17) is 5.73 Å². The Bertz CT molecular complexity index is 462. The maximum atomic E-state index is 12.1. The van der Waals surface area contributed by atoms with Crippen LogP contribution in [0.3, 0.4) is 0 Å². The number of hydrogen-bond donors (Lipinski definition) is 2. The van der Waals surface area contributed by atoms with Gasteiger partial charge in [0.05, 0.1) is 0 Å². The highest BCUT2D eigenvalue weighted by atomic mass is 32.2. The molecule has 4 nitrogen and oxygen atoms in total. The fraction of sp³-hybridized carbons (Fsp3) is 0.333. The van der Waals surface area contributed by atoms with E-state index in [-0.39, 0.29) is 0 Å². The van der Waals surface area contributed by atoms with Crippen molar-refractivity contribution >= 4 is 15.7 Å². The molecule has 3 N–H and O–H groups in total. The summed E-state index contributed by atoms with van der Waals surface area (Å²) in [5.41, 5.74) is 6.41.